The van der Waals surface area contributed by atoms with Crippen molar-refractivity contribution < 1.29 is 43.5 Å². The third-order valence-corrected chi connectivity index (χ3v) is 15.6. The van der Waals surface area contributed by atoms with Crippen LogP contribution >= 0.6 is 0 Å². The van der Waals surface area contributed by atoms with E-state index in [0.29, 0.717) is 73.9 Å². The number of anilines is 4. The Morgan fingerprint density at radius 3 is 1.31 bits per heavy atom. The number of hydrogen-bond donors (Lipinski definition) is 2. The average molecular weight is 1160 g/mol. The van der Waals surface area contributed by atoms with Crippen molar-refractivity contribution in [3.05, 3.63) is 130 Å². The van der Waals surface area contributed by atoms with E-state index in [-0.39, 0.29) is 5.91 Å². The van der Waals surface area contributed by atoms with Crippen LogP contribution in [0.3, 0.4) is 0 Å². The number of amides is 1. The van der Waals surface area contributed by atoms with E-state index in [4.69, 9.17) is 18.9 Å². The molecule has 2 aliphatic rings. The number of carboxylic acids is 2. The normalized spacial score (nSPS) is 13.8. The molecule has 2 N–H and O–H groups in total. The molecule has 0 spiro atoms. The fourth-order valence-corrected chi connectivity index (χ4v) is 11.5. The van der Waals surface area contributed by atoms with Gasteiger partial charge < -0.3 is 53.0 Å². The number of hydrogen-bond acceptors (Lipinski definition) is 13. The highest BCUT2D eigenvalue weighted by molar-refractivity contribution is 6.10. The molecule has 4 aromatic heterocycles. The smallest absolute Gasteiger partial charge is 0.337 e. The molecule has 8 aromatic rings. The lowest BCUT2D eigenvalue weighted by molar-refractivity contribution is -0.161. The van der Waals surface area contributed by atoms with Gasteiger partial charge >= 0.3 is 11.9 Å². The predicted octanol–water partition coefficient (Wildman–Crippen LogP) is 13.3. The Labute approximate surface area is 498 Å². The van der Waals surface area contributed by atoms with E-state index in [1.165, 1.54) is 6.92 Å². The zero-order valence-electron chi connectivity index (χ0n) is 51.9. The predicted molar refractivity (Wildman–Crippen MR) is 333 cm³/mol. The maximum Gasteiger partial charge on any atom is 0.337 e. The fourth-order valence-electron chi connectivity index (χ4n) is 11.5. The lowest BCUT2D eigenvalue weighted by Gasteiger charge is -2.35. The highest BCUT2D eigenvalue weighted by atomic mass is 16.5. The van der Waals surface area contributed by atoms with Crippen LogP contribution in [0, 0.1) is 41.5 Å². The van der Waals surface area contributed by atoms with Gasteiger partial charge in [-0.15, -0.1) is 0 Å². The van der Waals surface area contributed by atoms with Crippen LogP contribution in [0.25, 0.3) is 44.1 Å². The van der Waals surface area contributed by atoms with Crippen molar-refractivity contribution in [2.45, 2.75) is 146 Å². The second-order valence-corrected chi connectivity index (χ2v) is 24.3. The van der Waals surface area contributed by atoms with Gasteiger partial charge in [0.15, 0.2) is 23.7 Å². The molecule has 0 saturated carbocycles. The van der Waals surface area contributed by atoms with Crippen LogP contribution < -0.4 is 19.3 Å². The first-order valence-corrected chi connectivity index (χ1v) is 29.2. The van der Waals surface area contributed by atoms with Crippen molar-refractivity contribution in [2.24, 2.45) is 0 Å². The van der Waals surface area contributed by atoms with Crippen molar-refractivity contribution in [3.8, 4) is 33.8 Å². The number of aliphatic carboxylic acids is 2. The quantitative estimate of drug-likeness (QED) is 0.0768. The molecule has 2 aliphatic heterocycles. The van der Waals surface area contributed by atoms with Gasteiger partial charge in [-0.25, -0.2) is 29.5 Å². The van der Waals surface area contributed by atoms with Gasteiger partial charge in [0.05, 0.1) is 71.5 Å². The van der Waals surface area contributed by atoms with Gasteiger partial charge in [-0.2, -0.15) is 0 Å². The number of aryl methyl sites for hydroxylation is 4. The number of carbonyl (C=O) groups is 3. The van der Waals surface area contributed by atoms with E-state index < -0.39 is 35.3 Å². The Kier molecular flexibility index (Phi) is 17.8. The molecular formula is C67H81N9O9. The van der Waals surface area contributed by atoms with Gasteiger partial charge in [0.1, 0.15) is 6.61 Å². The summed E-state index contributed by atoms with van der Waals surface area (Å²) in [6.07, 6.45) is 6.34. The zero-order valence-corrected chi connectivity index (χ0v) is 51.9. The van der Waals surface area contributed by atoms with Gasteiger partial charge in [-0.05, 0) is 135 Å². The molecule has 0 fully saturated rings. The van der Waals surface area contributed by atoms with Crippen molar-refractivity contribution in [1.29, 1.82) is 0 Å². The molecule has 2 atom stereocenters. The lowest BCUT2D eigenvalue weighted by Crippen LogP contribution is -2.32. The largest absolute Gasteiger partial charge is 0.490 e. The van der Waals surface area contributed by atoms with Crippen LogP contribution in [0.2, 0.25) is 0 Å². The zero-order chi connectivity index (χ0) is 61.4. The molecule has 18 heteroatoms. The van der Waals surface area contributed by atoms with Gasteiger partial charge in [-0.1, -0.05) is 73.0 Å². The Balaban J connectivity index is 0.000000204. The highest BCUT2D eigenvalue weighted by Gasteiger charge is 2.39. The van der Waals surface area contributed by atoms with Crippen molar-refractivity contribution in [2.75, 3.05) is 49.7 Å². The second kappa shape index (κ2) is 24.7. The maximum absolute atomic E-state index is 12.9. The minimum atomic E-state index is -1.20. The fraction of sp³-hybridized carbons (Fsp3) is 0.418. The summed E-state index contributed by atoms with van der Waals surface area (Å²) in [6, 6.07) is 20.8. The van der Waals surface area contributed by atoms with Crippen LogP contribution in [0.15, 0.2) is 85.5 Å². The molecule has 1 amide bonds. The number of likely N-dealkylation sites (N-methyl/N-ethyl adjacent to an activating group) is 1. The molecule has 0 aliphatic carbocycles. The monoisotopic (exact) mass is 1160 g/mol. The third kappa shape index (κ3) is 12.9. The third-order valence-electron chi connectivity index (χ3n) is 15.6. The summed E-state index contributed by atoms with van der Waals surface area (Å²) in [4.78, 5) is 61.7. The summed E-state index contributed by atoms with van der Waals surface area (Å²) in [5, 5.41) is 23.1. The lowest BCUT2D eigenvalue weighted by atomic mass is 9.87. The van der Waals surface area contributed by atoms with E-state index >= 15 is 0 Å². The number of benzene rings is 4. The number of carboxylic acid groups (broad SMARTS) is 2. The Morgan fingerprint density at radius 1 is 0.588 bits per heavy atom. The minimum Gasteiger partial charge on any atom is -0.490 e. The van der Waals surface area contributed by atoms with Crippen molar-refractivity contribution in [3.63, 3.8) is 0 Å². The van der Waals surface area contributed by atoms with Crippen molar-refractivity contribution >= 4 is 62.9 Å². The summed E-state index contributed by atoms with van der Waals surface area (Å²) >= 11 is 0. The van der Waals surface area contributed by atoms with Crippen LogP contribution in [0.4, 0.5) is 23.3 Å². The van der Waals surface area contributed by atoms with Crippen molar-refractivity contribution in [1.82, 2.24) is 34.0 Å². The topological polar surface area (TPSA) is 200 Å². The van der Waals surface area contributed by atoms with Crippen LogP contribution in [-0.4, -0.2) is 113 Å². The van der Waals surface area contributed by atoms with Gasteiger partial charge in [-0.3, -0.25) is 4.79 Å². The molecule has 0 bridgehead atoms. The summed E-state index contributed by atoms with van der Waals surface area (Å²) in [5.74, 6) is 0.0907. The Morgan fingerprint density at radius 2 is 0.965 bits per heavy atom. The first-order valence-electron chi connectivity index (χ1n) is 29.2. The minimum absolute atomic E-state index is 0.0298. The molecule has 18 nitrogen and oxygen atoms in total. The number of nitrogens with zero attached hydrogens (tertiary/aromatic N) is 9. The number of aromatic nitrogens is 6. The Bertz CT molecular complexity index is 3760. The summed E-state index contributed by atoms with van der Waals surface area (Å²) in [7, 11) is 1.72. The molecule has 10 rings (SSSR count). The van der Waals surface area contributed by atoms with Crippen LogP contribution in [0.5, 0.6) is 11.5 Å². The van der Waals surface area contributed by atoms with E-state index in [2.05, 4.69) is 108 Å². The number of carbonyl (C=O) groups excluding carboxylic acids is 1. The molecule has 6 heterocycles. The average Bonchev–Trinajstić information content (AvgIpc) is 1.87. The molecule has 448 valence electrons. The van der Waals surface area contributed by atoms with Gasteiger partial charge in [0, 0.05) is 73.4 Å². The first-order chi connectivity index (χ1) is 40.3. The van der Waals surface area contributed by atoms with Gasteiger partial charge in [0.25, 0.3) is 0 Å². The van der Waals surface area contributed by atoms with E-state index in [9.17, 15) is 24.6 Å². The first kappa shape index (κ1) is 61.2. The summed E-state index contributed by atoms with van der Waals surface area (Å²) in [5.41, 5.74) is 13.5. The Hall–Kier alpha value is -8.35. The van der Waals surface area contributed by atoms with Gasteiger partial charge in [0.2, 0.25) is 17.8 Å². The second-order valence-electron chi connectivity index (χ2n) is 24.3. The van der Waals surface area contributed by atoms with E-state index in [1.54, 1.807) is 36.7 Å². The van der Waals surface area contributed by atoms with E-state index in [0.717, 1.165) is 108 Å². The van der Waals surface area contributed by atoms with E-state index in [1.807, 2.05) is 81.4 Å². The standard InChI is InChI=1S/C34H41N5O5.C33H40N4O4/c1-20-9-11-24(12-10-20)28-26-17-21(2)38-13-14-39(33-35-18-25(19-36-33)43-16-15-37(8)23(4)40)29(30(26)38)22(3)27(28)31(32(41)42)44-34(5,6)7;1-8-9-16-40-24-18-34-32(35-19-24)37-15-14-36-21(3)17-25-27(23-12-10-20(2)11-13-23)26(22(4)28(37)29(25)36)30(31(38)39)41-33(5,6)7/h9-12,17-19,31H,13-16H2,1-8H3,(H,41,42);10-13,17-19,30H,8-9,14-16H2,1-7H3,(H,38,39)/t31-;30-/m00/s1. The molecule has 0 unspecified atom stereocenters. The molecular weight excluding hydrogens is 1070 g/mol. The molecule has 0 radical (unpaired) electrons. The number of unbranched alkanes of at least 4 members (excludes halogenated alkanes) is 1. The summed E-state index contributed by atoms with van der Waals surface area (Å²) < 4.78 is 28.8. The molecule has 0 saturated heterocycles. The number of rotatable bonds is 18. The SMILES string of the molecule is CC(=O)N(C)CCOc1cnc(N2CCn3c(C)cc4c(-c5ccc(C)cc5)c([C@H](OC(C)(C)C)C(=O)O)c(C)c2c43)nc1.CCCCOc1cnc(N2CCn3c(C)cc4c(-c5ccc(C)cc5)c([C@H](OC(C)(C)C)C(=O)O)c(C)c2c43)nc1. The maximum atomic E-state index is 12.9. The molecule has 85 heavy (non-hydrogen) atoms. The highest BCUT2D eigenvalue weighted by Crippen LogP contribution is 2.51. The van der Waals surface area contributed by atoms with Crippen LogP contribution in [-0.2, 0) is 36.9 Å². The number of ether oxygens (including phenoxy) is 4. The summed E-state index contributed by atoms with van der Waals surface area (Å²) in [6.45, 7) is 31.3. The molecule has 4 aromatic carbocycles. The van der Waals surface area contributed by atoms with Crippen LogP contribution in [0.1, 0.15) is 125 Å².